The lowest BCUT2D eigenvalue weighted by molar-refractivity contribution is -0.0228. The first-order valence-corrected chi connectivity index (χ1v) is 7.26. The molecule has 0 bridgehead atoms. The SMILES string of the molecule is CCn1cc(C2CN(C(=O)c3ccccc3)CCO2)cn1. The molecule has 1 saturated heterocycles. The molecule has 0 N–H and O–H groups in total. The van der Waals surface area contributed by atoms with Gasteiger partial charge in [0.1, 0.15) is 6.10 Å². The topological polar surface area (TPSA) is 47.4 Å². The van der Waals surface area contributed by atoms with E-state index in [0.29, 0.717) is 19.7 Å². The summed E-state index contributed by atoms with van der Waals surface area (Å²) in [6.07, 6.45) is 3.72. The van der Waals surface area contributed by atoms with Crippen LogP contribution in [-0.4, -0.2) is 40.3 Å². The molecule has 2 aromatic rings. The van der Waals surface area contributed by atoms with Gasteiger partial charge >= 0.3 is 0 Å². The Bertz CT molecular complexity index is 609. The van der Waals surface area contributed by atoms with Gasteiger partial charge in [0.05, 0.1) is 19.3 Å². The van der Waals surface area contributed by atoms with E-state index in [1.165, 1.54) is 0 Å². The Labute approximate surface area is 124 Å². The van der Waals surface area contributed by atoms with Crippen LogP contribution in [0.1, 0.15) is 28.9 Å². The predicted octanol–water partition coefficient (Wildman–Crippen LogP) is 2.12. The highest BCUT2D eigenvalue weighted by molar-refractivity contribution is 5.94. The van der Waals surface area contributed by atoms with Gasteiger partial charge in [0, 0.05) is 30.4 Å². The summed E-state index contributed by atoms with van der Waals surface area (Å²) in [4.78, 5) is 14.3. The third kappa shape index (κ3) is 2.97. The number of ether oxygens (including phenoxy) is 1. The summed E-state index contributed by atoms with van der Waals surface area (Å²) in [5.41, 5.74) is 1.75. The molecule has 0 saturated carbocycles. The minimum atomic E-state index is -0.0910. The number of carbonyl (C=O) groups is 1. The average molecular weight is 285 g/mol. The number of carbonyl (C=O) groups excluding carboxylic acids is 1. The van der Waals surface area contributed by atoms with Gasteiger partial charge in [0.25, 0.3) is 5.91 Å². The quantitative estimate of drug-likeness (QED) is 0.868. The van der Waals surface area contributed by atoms with Gasteiger partial charge in [-0.05, 0) is 19.1 Å². The zero-order valence-electron chi connectivity index (χ0n) is 12.1. The molecule has 1 aliphatic rings. The van der Waals surface area contributed by atoms with Gasteiger partial charge in [-0.2, -0.15) is 5.10 Å². The third-order valence-electron chi connectivity index (χ3n) is 3.72. The smallest absolute Gasteiger partial charge is 0.254 e. The monoisotopic (exact) mass is 285 g/mol. The second-order valence-electron chi connectivity index (χ2n) is 5.11. The van der Waals surface area contributed by atoms with E-state index in [1.54, 1.807) is 0 Å². The molecule has 1 aromatic carbocycles. The molecular formula is C16H19N3O2. The average Bonchev–Trinajstić information content (AvgIpc) is 3.04. The van der Waals surface area contributed by atoms with Crippen LogP contribution in [0, 0.1) is 0 Å². The van der Waals surface area contributed by atoms with Crippen molar-refractivity contribution in [2.75, 3.05) is 19.7 Å². The molecule has 110 valence electrons. The van der Waals surface area contributed by atoms with E-state index in [-0.39, 0.29) is 12.0 Å². The molecule has 1 atom stereocenters. The molecule has 0 aliphatic carbocycles. The molecule has 1 aromatic heterocycles. The Morgan fingerprint density at radius 3 is 2.90 bits per heavy atom. The van der Waals surface area contributed by atoms with Crippen LogP contribution < -0.4 is 0 Å². The lowest BCUT2D eigenvalue weighted by Crippen LogP contribution is -2.42. The molecule has 2 heterocycles. The van der Waals surface area contributed by atoms with Gasteiger partial charge in [-0.25, -0.2) is 0 Å². The van der Waals surface area contributed by atoms with Crippen LogP contribution in [-0.2, 0) is 11.3 Å². The van der Waals surface area contributed by atoms with Crippen molar-refractivity contribution < 1.29 is 9.53 Å². The highest BCUT2D eigenvalue weighted by Gasteiger charge is 2.26. The predicted molar refractivity (Wildman–Crippen MR) is 78.9 cm³/mol. The van der Waals surface area contributed by atoms with Crippen molar-refractivity contribution in [3.63, 3.8) is 0 Å². The number of aromatic nitrogens is 2. The Morgan fingerprint density at radius 2 is 2.19 bits per heavy atom. The molecule has 0 radical (unpaired) electrons. The van der Waals surface area contributed by atoms with Crippen molar-refractivity contribution in [1.29, 1.82) is 0 Å². The summed E-state index contributed by atoms with van der Waals surface area (Å²) < 4.78 is 7.66. The summed E-state index contributed by atoms with van der Waals surface area (Å²) in [7, 11) is 0. The molecule has 0 spiro atoms. The lowest BCUT2D eigenvalue weighted by atomic mass is 10.1. The molecule has 5 nitrogen and oxygen atoms in total. The number of amides is 1. The fraction of sp³-hybridized carbons (Fsp3) is 0.375. The molecular weight excluding hydrogens is 266 g/mol. The van der Waals surface area contributed by atoms with Gasteiger partial charge in [0.15, 0.2) is 0 Å². The van der Waals surface area contributed by atoms with Gasteiger partial charge < -0.3 is 9.64 Å². The first kappa shape index (κ1) is 13.8. The summed E-state index contributed by atoms with van der Waals surface area (Å²) in [5.74, 6) is 0.0618. The van der Waals surface area contributed by atoms with Crippen molar-refractivity contribution in [3.05, 3.63) is 53.9 Å². The maximum Gasteiger partial charge on any atom is 0.254 e. The second kappa shape index (κ2) is 6.10. The molecule has 1 aliphatic heterocycles. The zero-order chi connectivity index (χ0) is 14.7. The Morgan fingerprint density at radius 1 is 1.38 bits per heavy atom. The van der Waals surface area contributed by atoms with E-state index in [2.05, 4.69) is 5.10 Å². The van der Waals surface area contributed by atoms with Crippen LogP contribution >= 0.6 is 0 Å². The van der Waals surface area contributed by atoms with Crippen LogP contribution in [0.25, 0.3) is 0 Å². The van der Waals surface area contributed by atoms with E-state index >= 15 is 0 Å². The summed E-state index contributed by atoms with van der Waals surface area (Å²) >= 11 is 0. The van der Waals surface area contributed by atoms with Gasteiger partial charge in [-0.3, -0.25) is 9.48 Å². The van der Waals surface area contributed by atoms with E-state index in [9.17, 15) is 4.79 Å². The van der Waals surface area contributed by atoms with Crippen molar-refractivity contribution in [2.24, 2.45) is 0 Å². The number of benzene rings is 1. The van der Waals surface area contributed by atoms with Crippen LogP contribution in [0.2, 0.25) is 0 Å². The van der Waals surface area contributed by atoms with Crippen molar-refractivity contribution >= 4 is 5.91 Å². The number of nitrogens with zero attached hydrogens (tertiary/aromatic N) is 3. The number of morpholine rings is 1. The van der Waals surface area contributed by atoms with E-state index in [0.717, 1.165) is 17.7 Å². The molecule has 1 amide bonds. The largest absolute Gasteiger partial charge is 0.370 e. The number of hydrogen-bond acceptors (Lipinski definition) is 3. The second-order valence-corrected chi connectivity index (χ2v) is 5.11. The maximum atomic E-state index is 12.5. The van der Waals surface area contributed by atoms with Crippen molar-refractivity contribution in [3.8, 4) is 0 Å². The van der Waals surface area contributed by atoms with Crippen LogP contribution in [0.5, 0.6) is 0 Å². The third-order valence-corrected chi connectivity index (χ3v) is 3.72. The Balaban J connectivity index is 1.72. The highest BCUT2D eigenvalue weighted by Crippen LogP contribution is 2.22. The zero-order valence-corrected chi connectivity index (χ0v) is 12.1. The number of rotatable bonds is 3. The number of hydrogen-bond donors (Lipinski definition) is 0. The van der Waals surface area contributed by atoms with Crippen molar-refractivity contribution in [1.82, 2.24) is 14.7 Å². The van der Waals surface area contributed by atoms with E-state index in [4.69, 9.17) is 4.74 Å². The summed E-state index contributed by atoms with van der Waals surface area (Å²) in [6.45, 7) is 4.64. The Kier molecular flexibility index (Phi) is 4.01. The van der Waals surface area contributed by atoms with Crippen LogP contribution in [0.4, 0.5) is 0 Å². The molecule has 3 rings (SSSR count). The van der Waals surface area contributed by atoms with Gasteiger partial charge in [-0.15, -0.1) is 0 Å². The highest BCUT2D eigenvalue weighted by atomic mass is 16.5. The van der Waals surface area contributed by atoms with Crippen LogP contribution in [0.15, 0.2) is 42.7 Å². The van der Waals surface area contributed by atoms with Gasteiger partial charge in [0.2, 0.25) is 0 Å². The van der Waals surface area contributed by atoms with E-state index in [1.807, 2.05) is 59.2 Å². The summed E-state index contributed by atoms with van der Waals surface area (Å²) in [6, 6.07) is 9.38. The fourth-order valence-electron chi connectivity index (χ4n) is 2.52. The molecule has 21 heavy (non-hydrogen) atoms. The first-order valence-electron chi connectivity index (χ1n) is 7.26. The Hall–Kier alpha value is -2.14. The van der Waals surface area contributed by atoms with Crippen LogP contribution in [0.3, 0.4) is 0 Å². The molecule has 1 unspecified atom stereocenters. The lowest BCUT2D eigenvalue weighted by Gasteiger charge is -2.32. The standard InChI is InChI=1S/C16H19N3O2/c1-2-19-11-14(10-17-19)15-12-18(8-9-21-15)16(20)13-6-4-3-5-7-13/h3-7,10-11,15H,2,8-9,12H2,1H3. The minimum absolute atomic E-state index is 0.0618. The first-order chi connectivity index (χ1) is 10.3. The summed E-state index contributed by atoms with van der Waals surface area (Å²) in [5, 5.41) is 4.27. The molecule has 1 fully saturated rings. The van der Waals surface area contributed by atoms with Crippen molar-refractivity contribution in [2.45, 2.75) is 19.6 Å². The normalized spacial score (nSPS) is 18.7. The van der Waals surface area contributed by atoms with Gasteiger partial charge in [-0.1, -0.05) is 18.2 Å². The minimum Gasteiger partial charge on any atom is -0.370 e. The maximum absolute atomic E-state index is 12.5. The fourth-order valence-corrected chi connectivity index (χ4v) is 2.52. The number of aryl methyl sites for hydroxylation is 1. The van der Waals surface area contributed by atoms with E-state index < -0.39 is 0 Å². The molecule has 5 heteroatoms.